The van der Waals surface area contributed by atoms with E-state index in [4.69, 9.17) is 0 Å². The van der Waals surface area contributed by atoms with Crippen LogP contribution >= 0.6 is 0 Å². The minimum atomic E-state index is 0.924. The highest BCUT2D eigenvalue weighted by Gasteiger charge is 1.71. The van der Waals surface area contributed by atoms with Crippen molar-refractivity contribution in [3.8, 4) is 0 Å². The van der Waals surface area contributed by atoms with Gasteiger partial charge in [-0.3, -0.25) is 5.32 Å². The average Bonchev–Trinajstić information content (AvgIpc) is 1.61. The fraction of sp³-hybridized carbons (Fsp3) is 0.750. The molecule has 2 nitrogen and oxygen atoms in total. The summed E-state index contributed by atoms with van der Waals surface area (Å²) in [5, 5.41) is 2.85. The van der Waals surface area contributed by atoms with Crippen molar-refractivity contribution in [1.29, 1.82) is 0 Å². The zero-order valence-corrected chi connectivity index (χ0v) is 4.19. The molecule has 0 aromatic rings. The average molecular weight is 88.1 g/mol. The Bertz CT molecular complexity index is 19.5. The summed E-state index contributed by atoms with van der Waals surface area (Å²) in [6.07, 6.45) is 0. The van der Waals surface area contributed by atoms with Crippen molar-refractivity contribution in [2.45, 2.75) is 6.92 Å². The van der Waals surface area contributed by atoms with Gasteiger partial charge in [0.1, 0.15) is 6.73 Å². The molecular formula is C4H10NO. The van der Waals surface area contributed by atoms with Gasteiger partial charge in [-0.1, -0.05) is 6.92 Å². The molecule has 1 N–H and O–H groups in total. The highest BCUT2D eigenvalue weighted by atomic mass is 16.5. The van der Waals surface area contributed by atoms with E-state index >= 15 is 0 Å². The maximum atomic E-state index is 4.55. The number of rotatable bonds is 3. The number of hydrogen-bond acceptors (Lipinski definition) is 2. The molecule has 6 heavy (non-hydrogen) atoms. The number of methoxy groups -OCH3 is 1. The Kier molecular flexibility index (Phi) is 4.85. The Labute approximate surface area is 38.5 Å². The lowest BCUT2D eigenvalue weighted by molar-refractivity contribution is 0.251. The van der Waals surface area contributed by atoms with E-state index in [9.17, 15) is 0 Å². The van der Waals surface area contributed by atoms with E-state index in [1.807, 2.05) is 6.92 Å². The molecule has 2 heteroatoms. The number of nitrogens with one attached hydrogen (secondary N) is 1. The molecule has 0 aromatic heterocycles. The largest absolute Gasteiger partial charge is 0.362 e. The molecule has 0 heterocycles. The molecule has 0 fully saturated rings. The van der Waals surface area contributed by atoms with Crippen molar-refractivity contribution >= 4 is 0 Å². The van der Waals surface area contributed by atoms with Gasteiger partial charge >= 0.3 is 0 Å². The topological polar surface area (TPSA) is 21.3 Å². The molecule has 0 aliphatic carbocycles. The summed E-state index contributed by atoms with van der Waals surface area (Å²) in [6, 6.07) is 0. The molecule has 0 saturated heterocycles. The van der Waals surface area contributed by atoms with Crippen LogP contribution in [0.2, 0.25) is 0 Å². The Hall–Kier alpha value is -0.0800. The summed E-state index contributed by atoms with van der Waals surface area (Å²) >= 11 is 0. The van der Waals surface area contributed by atoms with Crippen molar-refractivity contribution in [1.82, 2.24) is 5.32 Å². The molecule has 0 bridgehead atoms. The second-order valence-corrected chi connectivity index (χ2v) is 0.911. The Morgan fingerprint density at radius 2 is 2.50 bits per heavy atom. The molecule has 0 spiro atoms. The van der Waals surface area contributed by atoms with E-state index < -0.39 is 0 Å². The number of hydrogen-bond donors (Lipinski definition) is 1. The minimum absolute atomic E-state index is 0.924. The first kappa shape index (κ1) is 5.92. The Balaban J connectivity index is 2.34. The van der Waals surface area contributed by atoms with Crippen LogP contribution in [0, 0.1) is 6.73 Å². The van der Waals surface area contributed by atoms with Crippen molar-refractivity contribution in [3.63, 3.8) is 0 Å². The van der Waals surface area contributed by atoms with Crippen LogP contribution in [0.15, 0.2) is 0 Å². The van der Waals surface area contributed by atoms with Gasteiger partial charge in [0.05, 0.1) is 0 Å². The standard InChI is InChI=1S/C4H10NO/c1-3-5-4-6-2/h4-5H,3H2,1-2H3. The van der Waals surface area contributed by atoms with E-state index in [0.717, 1.165) is 6.54 Å². The predicted octanol–water partition coefficient (Wildman–Crippen LogP) is 0.362. The van der Waals surface area contributed by atoms with Gasteiger partial charge in [-0.15, -0.1) is 0 Å². The zero-order valence-electron chi connectivity index (χ0n) is 4.19. The molecule has 0 aromatic carbocycles. The first-order chi connectivity index (χ1) is 2.91. The van der Waals surface area contributed by atoms with Crippen molar-refractivity contribution < 1.29 is 4.74 Å². The molecule has 0 saturated carbocycles. The molecule has 0 aliphatic heterocycles. The zero-order chi connectivity index (χ0) is 4.83. The lowest BCUT2D eigenvalue weighted by atomic mass is 10.8. The van der Waals surface area contributed by atoms with E-state index in [-0.39, 0.29) is 0 Å². The molecular weight excluding hydrogens is 78.0 g/mol. The molecule has 1 radical (unpaired) electrons. The second-order valence-electron chi connectivity index (χ2n) is 0.911. The lowest BCUT2D eigenvalue weighted by Crippen LogP contribution is -2.08. The first-order valence-electron chi connectivity index (χ1n) is 1.99. The highest BCUT2D eigenvalue weighted by molar-refractivity contribution is 4.39. The number of ether oxygens (including phenoxy) is 1. The maximum absolute atomic E-state index is 4.55. The monoisotopic (exact) mass is 88.1 g/mol. The second kappa shape index (κ2) is 4.92. The van der Waals surface area contributed by atoms with E-state index in [2.05, 4.69) is 10.1 Å². The van der Waals surface area contributed by atoms with Gasteiger partial charge in [0, 0.05) is 7.11 Å². The third kappa shape index (κ3) is 3.92. The van der Waals surface area contributed by atoms with E-state index in [0.29, 0.717) is 0 Å². The van der Waals surface area contributed by atoms with Gasteiger partial charge in [-0.2, -0.15) is 0 Å². The Morgan fingerprint density at radius 3 is 2.67 bits per heavy atom. The quantitative estimate of drug-likeness (QED) is 0.503. The van der Waals surface area contributed by atoms with Crippen LogP contribution in [0.25, 0.3) is 0 Å². The first-order valence-corrected chi connectivity index (χ1v) is 1.99. The van der Waals surface area contributed by atoms with Crippen LogP contribution in [-0.2, 0) is 4.74 Å². The predicted molar refractivity (Wildman–Crippen MR) is 25.0 cm³/mol. The molecule has 0 atom stereocenters. The van der Waals surface area contributed by atoms with Crippen molar-refractivity contribution in [2.75, 3.05) is 13.7 Å². The highest BCUT2D eigenvalue weighted by Crippen LogP contribution is 1.63. The summed E-state index contributed by atoms with van der Waals surface area (Å²) in [5.41, 5.74) is 0. The normalized spacial score (nSPS) is 9.00. The van der Waals surface area contributed by atoms with Gasteiger partial charge in [-0.05, 0) is 6.54 Å². The van der Waals surface area contributed by atoms with Crippen molar-refractivity contribution in [2.24, 2.45) is 0 Å². The Morgan fingerprint density at radius 1 is 1.83 bits per heavy atom. The smallest absolute Gasteiger partial charge is 0.147 e. The summed E-state index contributed by atoms with van der Waals surface area (Å²) in [7, 11) is 1.61. The van der Waals surface area contributed by atoms with Crippen molar-refractivity contribution in [3.05, 3.63) is 6.73 Å². The fourth-order valence-corrected chi connectivity index (χ4v) is 0.167. The van der Waals surface area contributed by atoms with Crippen LogP contribution in [0.3, 0.4) is 0 Å². The maximum Gasteiger partial charge on any atom is 0.147 e. The summed E-state index contributed by atoms with van der Waals surface area (Å²) < 4.78 is 4.55. The van der Waals surface area contributed by atoms with Crippen LogP contribution in [0.1, 0.15) is 6.92 Å². The van der Waals surface area contributed by atoms with Crippen LogP contribution in [0.5, 0.6) is 0 Å². The summed E-state index contributed by atoms with van der Waals surface area (Å²) in [6.45, 7) is 4.49. The third-order valence-electron chi connectivity index (χ3n) is 0.405. The van der Waals surface area contributed by atoms with Gasteiger partial charge in [-0.25, -0.2) is 0 Å². The van der Waals surface area contributed by atoms with Gasteiger partial charge in [0.2, 0.25) is 0 Å². The molecule has 0 amide bonds. The van der Waals surface area contributed by atoms with Crippen LogP contribution in [0.4, 0.5) is 0 Å². The van der Waals surface area contributed by atoms with Gasteiger partial charge in [0.15, 0.2) is 0 Å². The third-order valence-corrected chi connectivity index (χ3v) is 0.405. The lowest BCUT2D eigenvalue weighted by Gasteiger charge is -1.92. The van der Waals surface area contributed by atoms with Crippen LogP contribution in [-0.4, -0.2) is 13.7 Å². The van der Waals surface area contributed by atoms with Gasteiger partial charge < -0.3 is 4.74 Å². The molecule has 37 valence electrons. The molecule has 0 unspecified atom stereocenters. The fourth-order valence-electron chi connectivity index (χ4n) is 0.167. The van der Waals surface area contributed by atoms with E-state index in [1.165, 1.54) is 0 Å². The van der Waals surface area contributed by atoms with E-state index in [1.54, 1.807) is 13.8 Å². The molecule has 0 rings (SSSR count). The SMILES string of the molecule is CCN[CH]OC. The van der Waals surface area contributed by atoms with Gasteiger partial charge in [0.25, 0.3) is 0 Å². The minimum Gasteiger partial charge on any atom is -0.362 e. The van der Waals surface area contributed by atoms with Crippen LogP contribution < -0.4 is 5.32 Å². The molecule has 0 aliphatic rings. The summed E-state index contributed by atoms with van der Waals surface area (Å²) in [4.78, 5) is 0. The summed E-state index contributed by atoms with van der Waals surface area (Å²) in [5.74, 6) is 0.